The summed E-state index contributed by atoms with van der Waals surface area (Å²) in [7, 11) is 3.29. The minimum Gasteiger partial charge on any atom is -0.494 e. The van der Waals surface area contributed by atoms with E-state index in [1.807, 2.05) is 41.2 Å². The molecule has 0 spiro atoms. The maximum absolute atomic E-state index is 5.30. The second-order valence-corrected chi connectivity index (χ2v) is 3.03. The van der Waals surface area contributed by atoms with Crippen LogP contribution in [0.5, 0.6) is 11.5 Å². The van der Waals surface area contributed by atoms with Gasteiger partial charge in [-0.1, -0.05) is 6.07 Å². The fourth-order valence-electron chi connectivity index (χ4n) is 1.51. The molecular weight excluding hydrogens is 190 g/mol. The number of benzene rings is 1. The van der Waals surface area contributed by atoms with Gasteiger partial charge in [-0.25, -0.2) is 0 Å². The quantitative estimate of drug-likeness (QED) is 0.762. The number of hydrogen-bond donors (Lipinski definition) is 0. The third kappa shape index (κ3) is 1.68. The van der Waals surface area contributed by atoms with Crippen molar-refractivity contribution in [3.8, 4) is 17.2 Å². The number of nitrogens with zero attached hydrogens (tertiary/aromatic N) is 1. The minimum atomic E-state index is 0.777. The van der Waals surface area contributed by atoms with E-state index in [1.165, 1.54) is 0 Å². The van der Waals surface area contributed by atoms with Crippen LogP contribution in [0.2, 0.25) is 0 Å². The maximum atomic E-state index is 5.30. The molecule has 1 aromatic carbocycles. The average molecular weight is 202 g/mol. The summed E-state index contributed by atoms with van der Waals surface area (Å²) in [5.41, 5.74) is 0.892. The highest BCUT2D eigenvalue weighted by atomic mass is 16.5. The topological polar surface area (TPSA) is 23.4 Å². The van der Waals surface area contributed by atoms with E-state index in [0.29, 0.717) is 0 Å². The van der Waals surface area contributed by atoms with Crippen LogP contribution in [0.15, 0.2) is 36.7 Å². The molecule has 0 aliphatic heterocycles. The van der Waals surface area contributed by atoms with Gasteiger partial charge in [-0.05, 0) is 18.2 Å². The first-order valence-corrected chi connectivity index (χ1v) is 4.62. The number of hydrogen-bond acceptors (Lipinski definition) is 2. The molecule has 1 radical (unpaired) electrons. The summed E-state index contributed by atoms with van der Waals surface area (Å²) >= 11 is 0. The fraction of sp³-hybridized carbons (Fsp3) is 0.167. The lowest BCUT2D eigenvalue weighted by atomic mass is 10.2. The van der Waals surface area contributed by atoms with Crippen molar-refractivity contribution in [2.45, 2.75) is 0 Å². The fourth-order valence-corrected chi connectivity index (χ4v) is 1.51. The Kier molecular flexibility index (Phi) is 2.63. The molecule has 15 heavy (non-hydrogen) atoms. The van der Waals surface area contributed by atoms with Crippen LogP contribution in [-0.2, 0) is 0 Å². The second kappa shape index (κ2) is 4.09. The first-order valence-electron chi connectivity index (χ1n) is 4.62. The predicted molar refractivity (Wildman–Crippen MR) is 57.7 cm³/mol. The van der Waals surface area contributed by atoms with Gasteiger partial charge in [-0.2, -0.15) is 0 Å². The Hall–Kier alpha value is -1.90. The molecule has 0 atom stereocenters. The first kappa shape index (κ1) is 9.65. The monoisotopic (exact) mass is 202 g/mol. The summed E-state index contributed by atoms with van der Waals surface area (Å²) in [4.78, 5) is 0. The van der Waals surface area contributed by atoms with Crippen LogP contribution >= 0.6 is 0 Å². The van der Waals surface area contributed by atoms with Crippen LogP contribution in [0, 0.1) is 6.07 Å². The lowest BCUT2D eigenvalue weighted by Gasteiger charge is -2.13. The molecule has 3 heteroatoms. The number of rotatable bonds is 3. The molecule has 0 aliphatic rings. The van der Waals surface area contributed by atoms with E-state index in [4.69, 9.17) is 9.47 Å². The van der Waals surface area contributed by atoms with Crippen LogP contribution in [0.1, 0.15) is 0 Å². The Morgan fingerprint density at radius 2 is 1.80 bits per heavy atom. The van der Waals surface area contributed by atoms with Gasteiger partial charge in [0.25, 0.3) is 0 Å². The number of para-hydroxylation sites is 1. The van der Waals surface area contributed by atoms with Crippen LogP contribution < -0.4 is 9.47 Å². The zero-order valence-corrected chi connectivity index (χ0v) is 8.73. The number of aromatic nitrogens is 1. The summed E-state index contributed by atoms with van der Waals surface area (Å²) in [6.07, 6.45) is 3.74. The van der Waals surface area contributed by atoms with Gasteiger partial charge in [0.1, 0.15) is 17.2 Å². The van der Waals surface area contributed by atoms with E-state index >= 15 is 0 Å². The summed E-state index contributed by atoms with van der Waals surface area (Å²) in [6.45, 7) is 0. The lowest BCUT2D eigenvalue weighted by molar-refractivity contribution is 0.391. The van der Waals surface area contributed by atoms with Gasteiger partial charge in [-0.3, -0.25) is 0 Å². The largest absolute Gasteiger partial charge is 0.494 e. The predicted octanol–water partition coefficient (Wildman–Crippen LogP) is 2.29. The maximum Gasteiger partial charge on any atom is 0.146 e. The van der Waals surface area contributed by atoms with Gasteiger partial charge in [0.15, 0.2) is 0 Å². The molecule has 0 saturated carbocycles. The second-order valence-electron chi connectivity index (χ2n) is 3.03. The molecule has 2 aromatic rings. The Morgan fingerprint density at radius 3 is 2.27 bits per heavy atom. The molecule has 0 unspecified atom stereocenters. The van der Waals surface area contributed by atoms with Crippen molar-refractivity contribution in [2.24, 2.45) is 0 Å². The molecule has 1 heterocycles. The first-order chi connectivity index (χ1) is 7.36. The summed E-state index contributed by atoms with van der Waals surface area (Å²) in [6, 6.07) is 10.5. The molecule has 1 aromatic heterocycles. The van der Waals surface area contributed by atoms with Gasteiger partial charge < -0.3 is 14.0 Å². The molecule has 0 aliphatic carbocycles. The lowest BCUT2D eigenvalue weighted by Crippen LogP contribution is -1.98. The van der Waals surface area contributed by atoms with E-state index in [9.17, 15) is 0 Å². The van der Waals surface area contributed by atoms with Gasteiger partial charge in [0.2, 0.25) is 0 Å². The van der Waals surface area contributed by atoms with Crippen molar-refractivity contribution in [1.82, 2.24) is 4.57 Å². The molecular formula is C12H12NO2. The minimum absolute atomic E-state index is 0.777. The van der Waals surface area contributed by atoms with Crippen molar-refractivity contribution in [3.05, 3.63) is 42.7 Å². The van der Waals surface area contributed by atoms with E-state index in [-0.39, 0.29) is 0 Å². The molecule has 0 saturated heterocycles. The van der Waals surface area contributed by atoms with Crippen LogP contribution in [0.4, 0.5) is 0 Å². The Bertz CT molecular complexity index is 413. The molecule has 0 amide bonds. The van der Waals surface area contributed by atoms with Crippen molar-refractivity contribution in [2.75, 3.05) is 14.2 Å². The Balaban J connectivity index is 2.61. The van der Waals surface area contributed by atoms with Crippen molar-refractivity contribution >= 4 is 0 Å². The molecule has 0 fully saturated rings. The van der Waals surface area contributed by atoms with E-state index < -0.39 is 0 Å². The van der Waals surface area contributed by atoms with Crippen molar-refractivity contribution < 1.29 is 9.47 Å². The standard InChI is InChI=1S/C12H12NO2/c1-14-10-6-5-7-11(15-2)12(10)13-8-3-4-9-13/h3,5-9H,1-2H3. The SMILES string of the molecule is COc1cccc(OC)c1-n1c[c]cc1. The molecule has 0 bridgehead atoms. The van der Waals surface area contributed by atoms with Gasteiger partial charge in [-0.15, -0.1) is 0 Å². The van der Waals surface area contributed by atoms with E-state index in [0.717, 1.165) is 17.2 Å². The van der Waals surface area contributed by atoms with Gasteiger partial charge >= 0.3 is 0 Å². The van der Waals surface area contributed by atoms with E-state index in [2.05, 4.69) is 6.07 Å². The Labute approximate surface area is 88.9 Å². The summed E-state index contributed by atoms with van der Waals surface area (Å²) in [5.74, 6) is 1.55. The van der Waals surface area contributed by atoms with E-state index in [1.54, 1.807) is 14.2 Å². The third-order valence-corrected chi connectivity index (χ3v) is 2.20. The third-order valence-electron chi connectivity index (χ3n) is 2.20. The van der Waals surface area contributed by atoms with Crippen LogP contribution in [-0.4, -0.2) is 18.8 Å². The zero-order chi connectivity index (χ0) is 10.7. The highest BCUT2D eigenvalue weighted by Crippen LogP contribution is 2.31. The van der Waals surface area contributed by atoms with Gasteiger partial charge in [0.05, 0.1) is 14.2 Å². The van der Waals surface area contributed by atoms with Crippen LogP contribution in [0.25, 0.3) is 5.69 Å². The summed E-state index contributed by atoms with van der Waals surface area (Å²) < 4.78 is 12.5. The average Bonchev–Trinajstić information content (AvgIpc) is 2.81. The van der Waals surface area contributed by atoms with Gasteiger partial charge in [0, 0.05) is 18.5 Å². The highest BCUT2D eigenvalue weighted by Gasteiger charge is 2.10. The normalized spacial score (nSPS) is 10.0. The molecule has 2 rings (SSSR count). The zero-order valence-electron chi connectivity index (χ0n) is 8.73. The molecule has 77 valence electrons. The number of methoxy groups -OCH3 is 2. The van der Waals surface area contributed by atoms with Crippen molar-refractivity contribution in [1.29, 1.82) is 0 Å². The summed E-state index contributed by atoms with van der Waals surface area (Å²) in [5, 5.41) is 0. The Morgan fingerprint density at radius 1 is 1.13 bits per heavy atom. The molecule has 0 N–H and O–H groups in total. The van der Waals surface area contributed by atoms with Crippen molar-refractivity contribution in [3.63, 3.8) is 0 Å². The van der Waals surface area contributed by atoms with Crippen LogP contribution in [0.3, 0.4) is 0 Å². The number of ether oxygens (including phenoxy) is 2. The molecule has 3 nitrogen and oxygen atoms in total. The highest BCUT2D eigenvalue weighted by molar-refractivity contribution is 5.57. The smallest absolute Gasteiger partial charge is 0.146 e.